The largest absolute Gasteiger partial charge is 0.481 e. The molecule has 1 heterocycles. The fraction of sp³-hybridized carbons (Fsp3) is 0.929. The molecule has 1 N–H and O–H groups in total. The Morgan fingerprint density at radius 1 is 1.24 bits per heavy atom. The molecular formula is C14H25NO2. The number of rotatable bonds is 2. The minimum Gasteiger partial charge on any atom is -0.481 e. The molecule has 2 aliphatic rings. The molecule has 1 saturated heterocycles. The van der Waals surface area contributed by atoms with E-state index in [0.717, 1.165) is 12.8 Å². The third kappa shape index (κ3) is 1.99. The average Bonchev–Trinajstić information content (AvgIpc) is 2.22. The SMILES string of the molecule is CC1CCN1C1CCC(C(=O)O)C(C)(C)C1C. The summed E-state index contributed by atoms with van der Waals surface area (Å²) in [6.07, 6.45) is 3.18. The lowest BCUT2D eigenvalue weighted by atomic mass is 9.60. The molecule has 3 nitrogen and oxygen atoms in total. The van der Waals surface area contributed by atoms with Gasteiger partial charge in [0, 0.05) is 18.6 Å². The van der Waals surface area contributed by atoms with Crippen molar-refractivity contribution in [1.29, 1.82) is 0 Å². The highest BCUT2D eigenvalue weighted by Gasteiger charge is 2.49. The lowest BCUT2D eigenvalue weighted by Gasteiger charge is -2.54. The molecule has 1 saturated carbocycles. The quantitative estimate of drug-likeness (QED) is 0.805. The van der Waals surface area contributed by atoms with Gasteiger partial charge in [-0.15, -0.1) is 0 Å². The number of carboxylic acid groups (broad SMARTS) is 1. The summed E-state index contributed by atoms with van der Waals surface area (Å²) in [5, 5.41) is 9.33. The topological polar surface area (TPSA) is 40.5 Å². The third-order valence-corrected chi connectivity index (χ3v) is 5.50. The van der Waals surface area contributed by atoms with Crippen molar-refractivity contribution in [3.8, 4) is 0 Å². The van der Waals surface area contributed by atoms with Crippen LogP contribution in [0, 0.1) is 17.3 Å². The van der Waals surface area contributed by atoms with Crippen LogP contribution in [0.15, 0.2) is 0 Å². The number of likely N-dealkylation sites (tertiary alicyclic amines) is 1. The van der Waals surface area contributed by atoms with Gasteiger partial charge in [0.25, 0.3) is 0 Å². The van der Waals surface area contributed by atoms with Crippen molar-refractivity contribution in [3.05, 3.63) is 0 Å². The van der Waals surface area contributed by atoms with Gasteiger partial charge in [0.1, 0.15) is 0 Å². The fourth-order valence-electron chi connectivity index (χ4n) is 3.70. The molecule has 0 bridgehead atoms. The number of aliphatic carboxylic acids is 1. The zero-order chi connectivity index (χ0) is 12.8. The summed E-state index contributed by atoms with van der Waals surface area (Å²) >= 11 is 0. The Bertz CT molecular complexity index is 313. The molecule has 0 radical (unpaired) electrons. The van der Waals surface area contributed by atoms with Crippen molar-refractivity contribution in [2.75, 3.05) is 6.54 Å². The van der Waals surface area contributed by atoms with E-state index in [1.165, 1.54) is 13.0 Å². The van der Waals surface area contributed by atoms with Crippen LogP contribution in [0.4, 0.5) is 0 Å². The molecule has 4 atom stereocenters. The maximum Gasteiger partial charge on any atom is 0.307 e. The van der Waals surface area contributed by atoms with Crippen LogP contribution in [-0.2, 0) is 4.79 Å². The molecule has 3 heteroatoms. The molecule has 0 amide bonds. The van der Waals surface area contributed by atoms with E-state index in [-0.39, 0.29) is 11.3 Å². The van der Waals surface area contributed by atoms with Gasteiger partial charge < -0.3 is 5.11 Å². The van der Waals surface area contributed by atoms with Crippen LogP contribution in [0.5, 0.6) is 0 Å². The first-order valence-electron chi connectivity index (χ1n) is 6.84. The Hall–Kier alpha value is -0.570. The van der Waals surface area contributed by atoms with E-state index in [0.29, 0.717) is 18.0 Å². The van der Waals surface area contributed by atoms with E-state index < -0.39 is 5.97 Å². The highest BCUT2D eigenvalue weighted by molar-refractivity contribution is 5.71. The van der Waals surface area contributed by atoms with Crippen LogP contribution in [0.3, 0.4) is 0 Å². The van der Waals surface area contributed by atoms with E-state index >= 15 is 0 Å². The van der Waals surface area contributed by atoms with Gasteiger partial charge in [-0.1, -0.05) is 20.8 Å². The molecule has 2 rings (SSSR count). The molecule has 0 aromatic rings. The first-order chi connectivity index (χ1) is 7.85. The van der Waals surface area contributed by atoms with Crippen molar-refractivity contribution in [2.45, 2.75) is 59.0 Å². The molecule has 1 aliphatic carbocycles. The molecular weight excluding hydrogens is 214 g/mol. The first kappa shape index (κ1) is 12.9. The number of hydrogen-bond acceptors (Lipinski definition) is 2. The van der Waals surface area contributed by atoms with Crippen LogP contribution < -0.4 is 0 Å². The van der Waals surface area contributed by atoms with Crippen LogP contribution >= 0.6 is 0 Å². The first-order valence-corrected chi connectivity index (χ1v) is 6.84. The number of hydrogen-bond donors (Lipinski definition) is 1. The monoisotopic (exact) mass is 239 g/mol. The molecule has 17 heavy (non-hydrogen) atoms. The van der Waals surface area contributed by atoms with Gasteiger partial charge >= 0.3 is 5.97 Å². The summed E-state index contributed by atoms with van der Waals surface area (Å²) in [5.74, 6) is -0.331. The number of carbonyl (C=O) groups is 1. The average molecular weight is 239 g/mol. The van der Waals surface area contributed by atoms with E-state index in [1.807, 2.05) is 0 Å². The summed E-state index contributed by atoms with van der Waals surface area (Å²) < 4.78 is 0. The van der Waals surface area contributed by atoms with Crippen molar-refractivity contribution < 1.29 is 9.90 Å². The predicted octanol–water partition coefficient (Wildman–Crippen LogP) is 2.61. The molecule has 4 unspecified atom stereocenters. The Balaban J connectivity index is 2.13. The van der Waals surface area contributed by atoms with E-state index in [2.05, 4.69) is 32.6 Å². The second-order valence-corrected chi connectivity index (χ2v) is 6.52. The van der Waals surface area contributed by atoms with E-state index in [9.17, 15) is 9.90 Å². The zero-order valence-electron chi connectivity index (χ0n) is 11.4. The van der Waals surface area contributed by atoms with Crippen molar-refractivity contribution >= 4 is 5.97 Å². The maximum atomic E-state index is 11.3. The Labute approximate surface area is 104 Å². The van der Waals surface area contributed by atoms with Crippen molar-refractivity contribution in [3.63, 3.8) is 0 Å². The standard InChI is InChI=1S/C14H25NO2/c1-9-7-8-15(9)12-6-5-11(13(16)17)14(3,4)10(12)2/h9-12H,5-8H2,1-4H3,(H,16,17). The van der Waals surface area contributed by atoms with Crippen LogP contribution in [0.1, 0.15) is 47.0 Å². The highest BCUT2D eigenvalue weighted by atomic mass is 16.4. The molecule has 2 fully saturated rings. The normalized spacial score (nSPS) is 41.9. The summed E-state index contributed by atoms with van der Waals surface area (Å²) in [5.41, 5.74) is -0.0932. The fourth-order valence-corrected chi connectivity index (χ4v) is 3.70. The van der Waals surface area contributed by atoms with Crippen LogP contribution in [0.25, 0.3) is 0 Å². The molecule has 0 aromatic heterocycles. The number of nitrogens with zero attached hydrogens (tertiary/aromatic N) is 1. The smallest absolute Gasteiger partial charge is 0.307 e. The van der Waals surface area contributed by atoms with Crippen LogP contribution in [-0.4, -0.2) is 34.6 Å². The van der Waals surface area contributed by atoms with Gasteiger partial charge in [-0.05, 0) is 37.5 Å². The van der Waals surface area contributed by atoms with Gasteiger partial charge in [0.05, 0.1) is 5.92 Å². The second-order valence-electron chi connectivity index (χ2n) is 6.52. The van der Waals surface area contributed by atoms with Crippen LogP contribution in [0.2, 0.25) is 0 Å². The van der Waals surface area contributed by atoms with Gasteiger partial charge in [0.15, 0.2) is 0 Å². The van der Waals surface area contributed by atoms with Gasteiger partial charge in [-0.25, -0.2) is 0 Å². The summed E-state index contributed by atoms with van der Waals surface area (Å²) in [6, 6.07) is 1.28. The van der Waals surface area contributed by atoms with Crippen molar-refractivity contribution in [1.82, 2.24) is 4.90 Å². The summed E-state index contributed by atoms with van der Waals surface area (Å²) in [7, 11) is 0. The van der Waals surface area contributed by atoms with Gasteiger partial charge in [-0.2, -0.15) is 0 Å². The number of carboxylic acids is 1. The molecule has 0 spiro atoms. The van der Waals surface area contributed by atoms with E-state index in [4.69, 9.17) is 0 Å². The molecule has 0 aromatic carbocycles. The summed E-state index contributed by atoms with van der Waals surface area (Å²) in [6.45, 7) is 9.99. The van der Waals surface area contributed by atoms with Crippen molar-refractivity contribution in [2.24, 2.45) is 17.3 Å². The third-order valence-electron chi connectivity index (χ3n) is 5.50. The lowest BCUT2D eigenvalue weighted by molar-refractivity contribution is -0.153. The highest BCUT2D eigenvalue weighted by Crippen LogP contribution is 2.47. The molecule has 98 valence electrons. The van der Waals surface area contributed by atoms with Gasteiger partial charge in [0.2, 0.25) is 0 Å². The summed E-state index contributed by atoms with van der Waals surface area (Å²) in [4.78, 5) is 13.9. The molecule has 1 aliphatic heterocycles. The van der Waals surface area contributed by atoms with E-state index in [1.54, 1.807) is 0 Å². The zero-order valence-corrected chi connectivity index (χ0v) is 11.4. The maximum absolute atomic E-state index is 11.3. The Morgan fingerprint density at radius 2 is 1.88 bits per heavy atom. The minimum atomic E-state index is -0.614. The van der Waals surface area contributed by atoms with Gasteiger partial charge in [-0.3, -0.25) is 9.69 Å². The Morgan fingerprint density at radius 3 is 2.29 bits per heavy atom. The predicted molar refractivity (Wildman–Crippen MR) is 67.9 cm³/mol. The second kappa shape index (κ2) is 4.27. The lowest BCUT2D eigenvalue weighted by Crippen LogP contribution is -2.59. The Kier molecular flexibility index (Phi) is 3.23. The minimum absolute atomic E-state index is 0.0932.